The van der Waals surface area contributed by atoms with E-state index >= 15 is 0 Å². The van der Waals surface area contributed by atoms with E-state index in [-0.39, 0.29) is 6.61 Å². The number of fused-ring (bicyclic) bond motifs is 1. The molecule has 1 aromatic rings. The number of aryl methyl sites for hydroxylation is 1. The number of aromatic nitrogens is 2. The monoisotopic (exact) mass is 348 g/mol. The van der Waals surface area contributed by atoms with Crippen molar-refractivity contribution in [2.24, 2.45) is 5.41 Å². The molecular weight excluding hydrogens is 316 g/mol. The summed E-state index contributed by atoms with van der Waals surface area (Å²) >= 11 is 0. The summed E-state index contributed by atoms with van der Waals surface area (Å²) in [5.41, 5.74) is 2.00. The summed E-state index contributed by atoms with van der Waals surface area (Å²) in [5.74, 6) is 1.78. The lowest BCUT2D eigenvalue weighted by Gasteiger charge is -2.46. The van der Waals surface area contributed by atoms with Gasteiger partial charge in [-0.25, -0.2) is 4.98 Å². The molecule has 0 unspecified atom stereocenters. The highest BCUT2D eigenvalue weighted by Crippen LogP contribution is 2.38. The van der Waals surface area contributed by atoms with E-state index in [1.165, 1.54) is 24.1 Å². The van der Waals surface area contributed by atoms with Crippen molar-refractivity contribution in [1.29, 1.82) is 0 Å². The van der Waals surface area contributed by atoms with Crippen LogP contribution in [0.3, 0.4) is 0 Å². The van der Waals surface area contributed by atoms with E-state index in [0.29, 0.717) is 13.0 Å². The molecule has 0 aromatic carbocycles. The molecule has 2 aliphatic rings. The topological polar surface area (TPSA) is 72.7 Å². The Bertz CT molecular complexity index is 607. The molecule has 2 atom stereocenters. The largest absolute Gasteiger partial charge is 0.396 e. The molecule has 6 nitrogen and oxygen atoms in total. The first-order chi connectivity index (χ1) is 12.0. The third-order valence-corrected chi connectivity index (χ3v) is 5.80. The number of piperidine rings is 1. The quantitative estimate of drug-likeness (QED) is 0.845. The average Bonchev–Trinajstić information content (AvgIpc) is 2.62. The smallest absolute Gasteiger partial charge is 0.227 e. The maximum atomic E-state index is 10.6. The number of hydrogen-bond acceptors (Lipinski definition) is 6. The summed E-state index contributed by atoms with van der Waals surface area (Å²) in [6, 6.07) is 0. The number of aliphatic hydroxyl groups excluding tert-OH is 2. The second-order valence-corrected chi connectivity index (χ2v) is 7.87. The molecule has 0 saturated carbocycles. The van der Waals surface area contributed by atoms with Gasteiger partial charge in [0.1, 0.15) is 5.82 Å². The minimum atomic E-state index is -0.447. The summed E-state index contributed by atoms with van der Waals surface area (Å²) in [5, 5.41) is 20.6. The summed E-state index contributed by atoms with van der Waals surface area (Å²) < 4.78 is 0. The third-order valence-electron chi connectivity index (χ3n) is 5.80. The van der Waals surface area contributed by atoms with Crippen LogP contribution >= 0.6 is 0 Å². The number of anilines is 2. The fourth-order valence-electron chi connectivity index (χ4n) is 4.33. The predicted molar refractivity (Wildman–Crippen MR) is 100 cm³/mol. The number of hydrogen-bond donors (Lipinski definition) is 2. The zero-order chi connectivity index (χ0) is 18.0. The zero-order valence-corrected chi connectivity index (χ0v) is 15.8. The van der Waals surface area contributed by atoms with Crippen molar-refractivity contribution >= 4 is 11.8 Å². The molecule has 0 spiro atoms. The van der Waals surface area contributed by atoms with Gasteiger partial charge in [0.25, 0.3) is 0 Å². The average molecular weight is 348 g/mol. The molecule has 1 aliphatic carbocycles. The van der Waals surface area contributed by atoms with Crippen molar-refractivity contribution in [2.75, 3.05) is 43.6 Å². The van der Waals surface area contributed by atoms with E-state index in [1.54, 1.807) is 0 Å². The van der Waals surface area contributed by atoms with Gasteiger partial charge in [-0.15, -0.1) is 0 Å². The normalized spacial score (nSPS) is 26.4. The van der Waals surface area contributed by atoms with Crippen LogP contribution in [-0.4, -0.2) is 60.1 Å². The van der Waals surface area contributed by atoms with Gasteiger partial charge < -0.3 is 20.0 Å². The van der Waals surface area contributed by atoms with Crippen LogP contribution in [0.2, 0.25) is 0 Å². The molecule has 1 aromatic heterocycles. The Morgan fingerprint density at radius 2 is 2.00 bits per heavy atom. The van der Waals surface area contributed by atoms with Gasteiger partial charge in [-0.05, 0) is 38.5 Å². The molecule has 0 bridgehead atoms. The molecule has 140 valence electrons. The Kier molecular flexibility index (Phi) is 5.49. The fourth-order valence-corrected chi connectivity index (χ4v) is 4.33. The minimum Gasteiger partial charge on any atom is -0.396 e. The zero-order valence-electron chi connectivity index (χ0n) is 15.8. The summed E-state index contributed by atoms with van der Waals surface area (Å²) in [6.07, 6.45) is 6.42. The first-order valence-electron chi connectivity index (χ1n) is 9.61. The second-order valence-electron chi connectivity index (χ2n) is 7.87. The Labute approximate surface area is 150 Å². The van der Waals surface area contributed by atoms with Crippen LogP contribution in [0.15, 0.2) is 0 Å². The van der Waals surface area contributed by atoms with Crippen LogP contribution in [0.1, 0.15) is 50.3 Å². The summed E-state index contributed by atoms with van der Waals surface area (Å²) in [7, 11) is 3.95. The highest BCUT2D eigenvalue weighted by atomic mass is 16.3. The molecule has 2 N–H and O–H groups in total. The molecule has 25 heavy (non-hydrogen) atoms. The lowest BCUT2D eigenvalue weighted by Crippen LogP contribution is -2.54. The molecule has 0 radical (unpaired) electrons. The van der Waals surface area contributed by atoms with Gasteiger partial charge in [0.05, 0.1) is 18.4 Å². The van der Waals surface area contributed by atoms with Crippen LogP contribution in [-0.2, 0) is 12.8 Å². The van der Waals surface area contributed by atoms with Gasteiger partial charge in [-0.1, -0.05) is 13.3 Å². The highest BCUT2D eigenvalue weighted by molar-refractivity contribution is 5.54. The van der Waals surface area contributed by atoms with Crippen LogP contribution in [0.4, 0.5) is 11.8 Å². The molecule has 0 amide bonds. The van der Waals surface area contributed by atoms with E-state index in [2.05, 4.69) is 11.8 Å². The van der Waals surface area contributed by atoms with Crippen LogP contribution in [0.5, 0.6) is 0 Å². The lowest BCUT2D eigenvalue weighted by atomic mass is 9.74. The van der Waals surface area contributed by atoms with Gasteiger partial charge in [0.15, 0.2) is 0 Å². The molecule has 3 rings (SSSR count). The van der Waals surface area contributed by atoms with Crippen LogP contribution in [0.25, 0.3) is 0 Å². The van der Waals surface area contributed by atoms with E-state index in [9.17, 15) is 10.2 Å². The van der Waals surface area contributed by atoms with Crippen molar-refractivity contribution < 1.29 is 10.2 Å². The van der Waals surface area contributed by atoms with E-state index in [0.717, 1.165) is 44.0 Å². The first-order valence-corrected chi connectivity index (χ1v) is 9.61. The molecule has 6 heteroatoms. The van der Waals surface area contributed by atoms with Crippen molar-refractivity contribution in [2.45, 2.75) is 58.0 Å². The van der Waals surface area contributed by atoms with E-state index < -0.39 is 11.5 Å². The molecule has 1 fully saturated rings. The molecule has 1 aliphatic heterocycles. The Hall–Kier alpha value is -1.40. The van der Waals surface area contributed by atoms with Gasteiger partial charge in [0.2, 0.25) is 5.95 Å². The van der Waals surface area contributed by atoms with Gasteiger partial charge >= 0.3 is 0 Å². The van der Waals surface area contributed by atoms with Crippen molar-refractivity contribution in [1.82, 2.24) is 9.97 Å². The Balaban J connectivity index is 1.99. The van der Waals surface area contributed by atoms with E-state index in [4.69, 9.17) is 9.97 Å². The van der Waals surface area contributed by atoms with Gasteiger partial charge in [0, 0.05) is 38.2 Å². The highest BCUT2D eigenvalue weighted by Gasteiger charge is 2.42. The fraction of sp³-hybridized carbons (Fsp3) is 0.789. The Morgan fingerprint density at radius 3 is 2.68 bits per heavy atom. The molecular formula is C19H32N4O2. The van der Waals surface area contributed by atoms with Crippen LogP contribution in [0, 0.1) is 5.41 Å². The second kappa shape index (κ2) is 7.46. The standard InChI is InChI=1S/C19H32N4O2/c1-4-10-19(13-24)12-23(11-9-16(19)25)17-14-7-5-6-8-15(14)20-18(21-17)22(2)3/h16,24-25H,4-13H2,1-3H3/t16-,19-/m0/s1. The van der Waals surface area contributed by atoms with Crippen LogP contribution < -0.4 is 9.80 Å². The molecule has 1 saturated heterocycles. The first kappa shape index (κ1) is 18.4. The van der Waals surface area contributed by atoms with Crippen molar-refractivity contribution in [3.8, 4) is 0 Å². The number of nitrogens with zero attached hydrogens (tertiary/aromatic N) is 4. The molecule has 2 heterocycles. The Morgan fingerprint density at radius 1 is 1.24 bits per heavy atom. The minimum absolute atomic E-state index is 0.0202. The summed E-state index contributed by atoms with van der Waals surface area (Å²) in [4.78, 5) is 13.9. The third kappa shape index (κ3) is 3.47. The van der Waals surface area contributed by atoms with Gasteiger partial charge in [-0.2, -0.15) is 4.98 Å². The van der Waals surface area contributed by atoms with Crippen molar-refractivity contribution in [3.63, 3.8) is 0 Å². The SMILES string of the molecule is CCC[C@@]1(CO)CN(c2nc(N(C)C)nc3c2CCCC3)CC[C@@H]1O. The predicted octanol–water partition coefficient (Wildman–Crippen LogP) is 1.77. The van der Waals surface area contributed by atoms with Gasteiger partial charge in [-0.3, -0.25) is 0 Å². The number of aliphatic hydroxyl groups is 2. The summed E-state index contributed by atoms with van der Waals surface area (Å²) in [6.45, 7) is 3.57. The lowest BCUT2D eigenvalue weighted by molar-refractivity contribution is -0.0353. The van der Waals surface area contributed by atoms with Crippen molar-refractivity contribution in [3.05, 3.63) is 11.3 Å². The maximum Gasteiger partial charge on any atom is 0.227 e. The maximum absolute atomic E-state index is 10.6. The number of rotatable bonds is 5. The van der Waals surface area contributed by atoms with E-state index in [1.807, 2.05) is 19.0 Å².